The van der Waals surface area contributed by atoms with Crippen LogP contribution in [0.4, 0.5) is 10.1 Å². The summed E-state index contributed by atoms with van der Waals surface area (Å²) in [5.41, 5.74) is 10.3. The van der Waals surface area contributed by atoms with Crippen molar-refractivity contribution in [2.75, 3.05) is 0 Å². The Morgan fingerprint density at radius 1 is 0.623 bits per heavy atom. The van der Waals surface area contributed by atoms with E-state index in [-0.39, 0.29) is 27.8 Å². The van der Waals surface area contributed by atoms with Gasteiger partial charge in [0.2, 0.25) is 5.89 Å². The number of rotatable bonds is 5. The van der Waals surface area contributed by atoms with Crippen LogP contribution < -0.4 is 0 Å². The molecule has 1 aromatic heterocycles. The van der Waals surface area contributed by atoms with Crippen molar-refractivity contribution in [3.05, 3.63) is 137 Å². The first-order chi connectivity index (χ1) is 25.0. The van der Waals surface area contributed by atoms with E-state index in [1.165, 1.54) is 12.1 Å². The van der Waals surface area contributed by atoms with Gasteiger partial charge in [0.05, 0.1) is 11.3 Å². The zero-order valence-electron chi connectivity index (χ0n) is 32.1. The van der Waals surface area contributed by atoms with Crippen LogP contribution in [0.25, 0.3) is 55.6 Å². The summed E-state index contributed by atoms with van der Waals surface area (Å²) < 4.78 is 20.2. The Balaban J connectivity index is 1.32. The standard InChI is InChI=1S/C48H47FN2O2/c1-46(2,3)35-24-34(44(52)40(26-35)48(7,8)9)28-50-41-13-11-10-12-38(41)45-51-43-39(25-36(47(4,5)6)27-42(43)53-45)33-17-16-31-22-30(14-15-32(31)23-33)29-18-20-37(49)21-19-29/h10-28,52H,1-9H3. The Morgan fingerprint density at radius 2 is 1.23 bits per heavy atom. The molecule has 0 saturated heterocycles. The summed E-state index contributed by atoms with van der Waals surface area (Å²) in [4.78, 5) is 10.1. The molecule has 0 radical (unpaired) electrons. The number of aromatic hydroxyl groups is 1. The van der Waals surface area contributed by atoms with Crippen LogP contribution in [-0.4, -0.2) is 16.3 Å². The number of phenolic OH excluding ortho intramolecular Hbond substituents is 1. The van der Waals surface area contributed by atoms with Crippen molar-refractivity contribution in [1.82, 2.24) is 4.98 Å². The molecule has 0 bridgehead atoms. The third-order valence-electron chi connectivity index (χ3n) is 9.98. The van der Waals surface area contributed by atoms with Gasteiger partial charge in [-0.05, 0) is 109 Å². The van der Waals surface area contributed by atoms with Gasteiger partial charge in [0, 0.05) is 22.9 Å². The number of nitrogens with zero attached hydrogens (tertiary/aromatic N) is 2. The highest BCUT2D eigenvalue weighted by Crippen LogP contribution is 2.41. The zero-order chi connectivity index (χ0) is 37.9. The maximum Gasteiger partial charge on any atom is 0.229 e. The molecular weight excluding hydrogens is 656 g/mol. The summed E-state index contributed by atoms with van der Waals surface area (Å²) in [7, 11) is 0. The van der Waals surface area contributed by atoms with Gasteiger partial charge in [-0.2, -0.15) is 0 Å². The molecule has 0 spiro atoms. The number of benzene rings is 6. The van der Waals surface area contributed by atoms with Gasteiger partial charge >= 0.3 is 0 Å². The van der Waals surface area contributed by atoms with Crippen molar-refractivity contribution in [1.29, 1.82) is 0 Å². The van der Waals surface area contributed by atoms with Gasteiger partial charge in [0.1, 0.15) is 17.1 Å². The number of fused-ring (bicyclic) bond motifs is 2. The maximum absolute atomic E-state index is 13.6. The molecule has 0 aliphatic carbocycles. The minimum Gasteiger partial charge on any atom is -0.507 e. The molecule has 0 atom stereocenters. The average molecular weight is 703 g/mol. The number of aromatic nitrogens is 1. The summed E-state index contributed by atoms with van der Waals surface area (Å²) in [6.45, 7) is 19.5. The molecule has 7 aromatic rings. The molecule has 0 fully saturated rings. The average Bonchev–Trinajstić information content (AvgIpc) is 3.54. The van der Waals surface area contributed by atoms with Gasteiger partial charge in [-0.3, -0.25) is 4.99 Å². The van der Waals surface area contributed by atoms with Crippen LogP contribution in [-0.2, 0) is 16.2 Å². The molecular formula is C48H47FN2O2. The molecule has 268 valence electrons. The van der Waals surface area contributed by atoms with E-state index in [0.717, 1.165) is 60.8 Å². The second kappa shape index (κ2) is 13.1. The highest BCUT2D eigenvalue weighted by atomic mass is 19.1. The van der Waals surface area contributed by atoms with E-state index < -0.39 is 0 Å². The molecule has 53 heavy (non-hydrogen) atoms. The van der Waals surface area contributed by atoms with E-state index in [0.29, 0.717) is 22.7 Å². The van der Waals surface area contributed by atoms with Crippen molar-refractivity contribution in [3.63, 3.8) is 0 Å². The zero-order valence-corrected chi connectivity index (χ0v) is 32.1. The molecule has 7 rings (SSSR count). The summed E-state index contributed by atoms with van der Waals surface area (Å²) in [6, 6.07) is 35.7. The molecule has 1 heterocycles. The van der Waals surface area contributed by atoms with Crippen molar-refractivity contribution >= 4 is 33.8 Å². The SMILES string of the molecule is CC(C)(C)c1cc(C=Nc2ccccc2-c2nc3c(-c4ccc5cc(-c6ccc(F)cc6)ccc5c4)cc(C(C)(C)C)cc3o2)c(O)c(C(C)(C)C)c1. The molecule has 5 heteroatoms. The lowest BCUT2D eigenvalue weighted by Crippen LogP contribution is -2.17. The van der Waals surface area contributed by atoms with Gasteiger partial charge in [0.15, 0.2) is 5.58 Å². The fourth-order valence-corrected chi connectivity index (χ4v) is 6.70. The number of aliphatic imine (C=N–C) groups is 1. The molecule has 0 amide bonds. The van der Waals surface area contributed by atoms with E-state index in [1.54, 1.807) is 6.21 Å². The lowest BCUT2D eigenvalue weighted by atomic mass is 9.79. The van der Waals surface area contributed by atoms with Crippen LogP contribution in [0.15, 0.2) is 119 Å². The van der Waals surface area contributed by atoms with Crippen molar-refractivity contribution in [2.24, 2.45) is 4.99 Å². The number of hydrogen-bond acceptors (Lipinski definition) is 4. The molecule has 0 unspecified atom stereocenters. The van der Waals surface area contributed by atoms with Gasteiger partial charge in [0.25, 0.3) is 0 Å². The Morgan fingerprint density at radius 3 is 1.89 bits per heavy atom. The lowest BCUT2D eigenvalue weighted by Gasteiger charge is -2.27. The first-order valence-electron chi connectivity index (χ1n) is 18.2. The minimum atomic E-state index is -0.244. The van der Waals surface area contributed by atoms with Crippen LogP contribution >= 0.6 is 0 Å². The van der Waals surface area contributed by atoms with E-state index in [1.807, 2.05) is 42.5 Å². The smallest absolute Gasteiger partial charge is 0.229 e. The van der Waals surface area contributed by atoms with Gasteiger partial charge in [-0.25, -0.2) is 9.37 Å². The van der Waals surface area contributed by atoms with Crippen molar-refractivity contribution in [2.45, 2.75) is 78.6 Å². The third kappa shape index (κ3) is 7.26. The Kier molecular flexibility index (Phi) is 8.89. The Labute approximate surface area is 312 Å². The monoisotopic (exact) mass is 702 g/mol. The number of oxazole rings is 1. The fourth-order valence-electron chi connectivity index (χ4n) is 6.70. The first-order valence-corrected chi connectivity index (χ1v) is 18.2. The topological polar surface area (TPSA) is 58.6 Å². The quantitative estimate of drug-likeness (QED) is 0.182. The van der Waals surface area contributed by atoms with E-state index >= 15 is 0 Å². The molecule has 6 aromatic carbocycles. The van der Waals surface area contributed by atoms with E-state index in [4.69, 9.17) is 14.4 Å². The minimum absolute atomic E-state index is 0.103. The van der Waals surface area contributed by atoms with Crippen LogP contribution in [0.1, 0.15) is 84.6 Å². The van der Waals surface area contributed by atoms with Crippen LogP contribution in [0.3, 0.4) is 0 Å². The predicted octanol–water partition coefficient (Wildman–Crippen LogP) is 13.5. The van der Waals surface area contributed by atoms with Crippen LogP contribution in [0.2, 0.25) is 0 Å². The highest BCUT2D eigenvalue weighted by molar-refractivity contribution is 5.98. The first kappa shape index (κ1) is 35.8. The van der Waals surface area contributed by atoms with Gasteiger partial charge in [-0.15, -0.1) is 0 Å². The molecule has 0 saturated carbocycles. The Bertz CT molecular complexity index is 2520. The molecule has 0 aliphatic heterocycles. The summed E-state index contributed by atoms with van der Waals surface area (Å²) >= 11 is 0. The predicted molar refractivity (Wildman–Crippen MR) is 219 cm³/mol. The number of para-hydroxylation sites is 1. The second-order valence-electron chi connectivity index (χ2n) is 17.2. The maximum atomic E-state index is 13.6. The number of halogens is 1. The van der Waals surface area contributed by atoms with E-state index in [2.05, 4.69) is 117 Å². The van der Waals surface area contributed by atoms with Gasteiger partial charge < -0.3 is 9.52 Å². The summed E-state index contributed by atoms with van der Waals surface area (Å²) in [6.07, 6.45) is 1.75. The van der Waals surface area contributed by atoms with Crippen molar-refractivity contribution in [3.8, 4) is 39.5 Å². The number of phenols is 1. The fraction of sp³-hybridized carbons (Fsp3) is 0.250. The second-order valence-corrected chi connectivity index (χ2v) is 17.2. The van der Waals surface area contributed by atoms with Crippen LogP contribution in [0, 0.1) is 5.82 Å². The summed E-state index contributed by atoms with van der Waals surface area (Å²) in [5.74, 6) is 0.481. The van der Waals surface area contributed by atoms with Crippen LogP contribution in [0.5, 0.6) is 5.75 Å². The molecule has 0 aliphatic rings. The van der Waals surface area contributed by atoms with Crippen molar-refractivity contribution < 1.29 is 13.9 Å². The normalized spacial score (nSPS) is 12.7. The van der Waals surface area contributed by atoms with Gasteiger partial charge in [-0.1, -0.05) is 117 Å². The lowest BCUT2D eigenvalue weighted by molar-refractivity contribution is 0.444. The number of hydrogen-bond donors (Lipinski definition) is 1. The summed E-state index contributed by atoms with van der Waals surface area (Å²) in [5, 5.41) is 13.6. The van der Waals surface area contributed by atoms with E-state index in [9.17, 15) is 9.50 Å². The Hall–Kier alpha value is -5.55. The molecule has 1 N–H and O–H groups in total. The third-order valence-corrected chi connectivity index (χ3v) is 9.98. The largest absolute Gasteiger partial charge is 0.507 e. The highest BCUT2D eigenvalue weighted by Gasteiger charge is 2.25. The molecule has 4 nitrogen and oxygen atoms in total.